The Morgan fingerprint density at radius 1 is 1.25 bits per heavy atom. The van der Waals surface area contributed by atoms with E-state index in [4.69, 9.17) is 0 Å². The number of sulfonamides is 1. The van der Waals surface area contributed by atoms with Gasteiger partial charge in [0.2, 0.25) is 15.9 Å². The second kappa shape index (κ2) is 3.90. The molecule has 1 aromatic carbocycles. The number of hydrogen-bond acceptors (Lipinski definition) is 3. The molecule has 1 aromatic rings. The molecule has 0 aromatic heterocycles. The molecule has 16 heavy (non-hydrogen) atoms. The molecule has 1 amide bonds. The Morgan fingerprint density at radius 2 is 1.88 bits per heavy atom. The second-order valence-corrected chi connectivity index (χ2v) is 5.89. The van der Waals surface area contributed by atoms with E-state index in [0.29, 0.717) is 0 Å². The van der Waals surface area contributed by atoms with E-state index in [1.54, 1.807) is 0 Å². The van der Waals surface area contributed by atoms with Crippen LogP contribution in [0.25, 0.3) is 0 Å². The van der Waals surface area contributed by atoms with Crippen LogP contribution in [0.1, 0.15) is 23.5 Å². The van der Waals surface area contributed by atoms with E-state index < -0.39 is 15.9 Å². The molecule has 1 atom stereocenters. The van der Waals surface area contributed by atoms with Crippen LogP contribution in [0.4, 0.5) is 0 Å². The zero-order chi connectivity index (χ0) is 11.8. The Balaban J connectivity index is 2.28. The average Bonchev–Trinajstić information content (AvgIpc) is 2.15. The van der Waals surface area contributed by atoms with Crippen LogP contribution in [0.3, 0.4) is 0 Å². The third-order valence-corrected chi connectivity index (χ3v) is 4.05. The predicted molar refractivity (Wildman–Crippen MR) is 60.5 cm³/mol. The van der Waals surface area contributed by atoms with Crippen molar-refractivity contribution < 1.29 is 13.2 Å². The molecule has 1 heterocycles. The zero-order valence-electron chi connectivity index (χ0n) is 8.93. The molecule has 1 aliphatic rings. The first-order valence-corrected chi connectivity index (χ1v) is 6.71. The summed E-state index contributed by atoms with van der Waals surface area (Å²) in [7, 11) is -3.44. The Labute approximate surface area is 94.7 Å². The van der Waals surface area contributed by atoms with Crippen LogP contribution < -0.4 is 4.72 Å². The van der Waals surface area contributed by atoms with Gasteiger partial charge in [0.15, 0.2) is 0 Å². The van der Waals surface area contributed by atoms with Crippen LogP contribution in [-0.2, 0) is 14.8 Å². The number of amides is 1. The minimum atomic E-state index is -3.44. The largest absolute Gasteiger partial charge is 0.274 e. The Morgan fingerprint density at radius 3 is 2.44 bits per heavy atom. The Hall–Kier alpha value is -1.36. The SMILES string of the molecule is Cc1ccc(C2CC(=O)NS(=O)(=O)C2)cc1. The van der Waals surface area contributed by atoms with Crippen molar-refractivity contribution in [2.24, 2.45) is 0 Å². The van der Waals surface area contributed by atoms with Gasteiger partial charge >= 0.3 is 0 Å². The molecule has 1 saturated heterocycles. The van der Waals surface area contributed by atoms with Crippen molar-refractivity contribution in [3.05, 3.63) is 35.4 Å². The molecule has 4 nitrogen and oxygen atoms in total. The van der Waals surface area contributed by atoms with Gasteiger partial charge in [-0.25, -0.2) is 8.42 Å². The molecule has 0 aliphatic carbocycles. The molecule has 5 heteroatoms. The van der Waals surface area contributed by atoms with Crippen molar-refractivity contribution >= 4 is 15.9 Å². The summed E-state index contributed by atoms with van der Waals surface area (Å²) in [6, 6.07) is 7.62. The maximum Gasteiger partial charge on any atom is 0.235 e. The highest BCUT2D eigenvalue weighted by atomic mass is 32.2. The molecule has 0 radical (unpaired) electrons. The van der Waals surface area contributed by atoms with E-state index in [0.717, 1.165) is 11.1 Å². The first kappa shape index (κ1) is 11.1. The van der Waals surface area contributed by atoms with Gasteiger partial charge in [-0.15, -0.1) is 0 Å². The van der Waals surface area contributed by atoms with Crippen molar-refractivity contribution in [3.8, 4) is 0 Å². The van der Waals surface area contributed by atoms with Gasteiger partial charge < -0.3 is 0 Å². The van der Waals surface area contributed by atoms with Gasteiger partial charge in [-0.1, -0.05) is 29.8 Å². The molecule has 1 aliphatic heterocycles. The van der Waals surface area contributed by atoms with Crippen molar-refractivity contribution in [3.63, 3.8) is 0 Å². The van der Waals surface area contributed by atoms with Crippen LogP contribution >= 0.6 is 0 Å². The first-order valence-electron chi connectivity index (χ1n) is 5.06. The molecular weight excluding hydrogens is 226 g/mol. The third-order valence-electron chi connectivity index (χ3n) is 2.67. The van der Waals surface area contributed by atoms with Crippen molar-refractivity contribution in [2.75, 3.05) is 5.75 Å². The Bertz CT molecular complexity index is 505. The van der Waals surface area contributed by atoms with E-state index in [1.807, 2.05) is 35.9 Å². The van der Waals surface area contributed by atoms with Crippen LogP contribution in [0.2, 0.25) is 0 Å². The van der Waals surface area contributed by atoms with Crippen molar-refractivity contribution in [2.45, 2.75) is 19.3 Å². The highest BCUT2D eigenvalue weighted by Gasteiger charge is 2.30. The minimum Gasteiger partial charge on any atom is -0.274 e. The number of carbonyl (C=O) groups is 1. The molecule has 86 valence electrons. The van der Waals surface area contributed by atoms with Crippen molar-refractivity contribution in [1.82, 2.24) is 4.72 Å². The molecule has 0 bridgehead atoms. The van der Waals surface area contributed by atoms with E-state index in [2.05, 4.69) is 0 Å². The summed E-state index contributed by atoms with van der Waals surface area (Å²) >= 11 is 0. The van der Waals surface area contributed by atoms with Gasteiger partial charge in [0, 0.05) is 12.3 Å². The van der Waals surface area contributed by atoms with Gasteiger partial charge in [-0.05, 0) is 12.5 Å². The summed E-state index contributed by atoms with van der Waals surface area (Å²) in [5.41, 5.74) is 2.02. The van der Waals surface area contributed by atoms with Gasteiger partial charge in [-0.2, -0.15) is 0 Å². The lowest BCUT2D eigenvalue weighted by molar-refractivity contribution is -0.119. The summed E-state index contributed by atoms with van der Waals surface area (Å²) in [4.78, 5) is 11.2. The van der Waals surface area contributed by atoms with Gasteiger partial charge in [0.1, 0.15) is 0 Å². The topological polar surface area (TPSA) is 63.2 Å². The van der Waals surface area contributed by atoms with Crippen LogP contribution in [0.5, 0.6) is 0 Å². The fourth-order valence-electron chi connectivity index (χ4n) is 1.86. The summed E-state index contributed by atoms with van der Waals surface area (Å²) < 4.78 is 24.8. The van der Waals surface area contributed by atoms with E-state index in [9.17, 15) is 13.2 Å². The number of aryl methyl sites for hydroxylation is 1. The standard InChI is InChI=1S/C11H13NO3S/c1-8-2-4-9(5-3-8)10-6-11(13)12-16(14,15)7-10/h2-5,10H,6-7H2,1H3,(H,12,13). The lowest BCUT2D eigenvalue weighted by Crippen LogP contribution is -2.40. The van der Waals surface area contributed by atoms with Crippen LogP contribution in [-0.4, -0.2) is 20.1 Å². The van der Waals surface area contributed by atoms with E-state index >= 15 is 0 Å². The van der Waals surface area contributed by atoms with Gasteiger partial charge in [0.25, 0.3) is 0 Å². The summed E-state index contributed by atoms with van der Waals surface area (Å²) in [6.45, 7) is 1.97. The van der Waals surface area contributed by atoms with E-state index in [-0.39, 0.29) is 18.1 Å². The lowest BCUT2D eigenvalue weighted by atomic mass is 9.96. The third kappa shape index (κ3) is 2.41. The number of benzene rings is 1. The summed E-state index contributed by atoms with van der Waals surface area (Å²) in [6.07, 6.45) is 0.238. The molecule has 0 spiro atoms. The van der Waals surface area contributed by atoms with Crippen molar-refractivity contribution in [1.29, 1.82) is 0 Å². The molecule has 0 saturated carbocycles. The first-order chi connectivity index (χ1) is 7.46. The fourth-order valence-corrected chi connectivity index (χ4v) is 3.21. The maximum absolute atomic E-state index is 11.4. The summed E-state index contributed by atoms with van der Waals surface area (Å²) in [5, 5.41) is 0. The molecular formula is C11H13NO3S. The fraction of sp³-hybridized carbons (Fsp3) is 0.364. The number of nitrogens with one attached hydrogen (secondary N) is 1. The zero-order valence-corrected chi connectivity index (χ0v) is 9.75. The smallest absolute Gasteiger partial charge is 0.235 e. The molecule has 1 unspecified atom stereocenters. The minimum absolute atomic E-state index is 0.0121. The van der Waals surface area contributed by atoms with Gasteiger partial charge in [0.05, 0.1) is 5.75 Å². The molecule has 1 fully saturated rings. The highest BCUT2D eigenvalue weighted by molar-refractivity contribution is 7.90. The predicted octanol–water partition coefficient (Wildman–Crippen LogP) is 0.928. The number of rotatable bonds is 1. The van der Waals surface area contributed by atoms with Crippen LogP contribution in [0, 0.1) is 6.92 Å². The van der Waals surface area contributed by atoms with Gasteiger partial charge in [-0.3, -0.25) is 9.52 Å². The molecule has 2 rings (SSSR count). The Kier molecular flexibility index (Phi) is 2.71. The molecule has 1 N–H and O–H groups in total. The van der Waals surface area contributed by atoms with E-state index in [1.165, 1.54) is 0 Å². The second-order valence-electron chi connectivity index (χ2n) is 4.12. The maximum atomic E-state index is 11.4. The van der Waals surface area contributed by atoms with Crippen LogP contribution in [0.15, 0.2) is 24.3 Å². The normalized spacial score (nSPS) is 23.8. The quantitative estimate of drug-likeness (QED) is 0.793. The monoisotopic (exact) mass is 239 g/mol. The number of carbonyl (C=O) groups excluding carboxylic acids is 1. The highest BCUT2D eigenvalue weighted by Crippen LogP contribution is 2.24. The average molecular weight is 239 g/mol. The lowest BCUT2D eigenvalue weighted by Gasteiger charge is -2.22. The number of hydrogen-bond donors (Lipinski definition) is 1. The summed E-state index contributed by atoms with van der Waals surface area (Å²) in [5.74, 6) is -0.655.